The molecule has 208 valence electrons. The van der Waals surface area contributed by atoms with Crippen LogP contribution >= 0.6 is 15.9 Å². The van der Waals surface area contributed by atoms with E-state index in [-0.39, 0.29) is 34.7 Å². The number of fused-ring (bicyclic) bond motifs is 2. The molecule has 8 nitrogen and oxygen atoms in total. The van der Waals surface area contributed by atoms with E-state index in [9.17, 15) is 32.3 Å². The number of aliphatic hydroxyl groups is 1. The van der Waals surface area contributed by atoms with Crippen LogP contribution in [0.15, 0.2) is 59.2 Å². The second kappa shape index (κ2) is 9.59. The smallest absolute Gasteiger partial charge is 0.424 e. The highest BCUT2D eigenvalue weighted by atomic mass is 79.9. The number of nitrogens with one attached hydrogen (secondary N) is 2. The molecule has 0 saturated heterocycles. The fraction of sp³-hybridized carbons (Fsp3) is 0.222. The van der Waals surface area contributed by atoms with Crippen LogP contribution in [-0.2, 0) is 15.8 Å². The highest BCUT2D eigenvalue weighted by Gasteiger charge is 2.57. The monoisotopic (exact) mass is 620 g/mol. The number of aromatic amines is 1. The lowest BCUT2D eigenvalue weighted by Gasteiger charge is -2.31. The Labute approximate surface area is 232 Å². The van der Waals surface area contributed by atoms with Gasteiger partial charge < -0.3 is 25.9 Å². The number of hydrogen-bond donors (Lipinski definition) is 4. The summed E-state index contributed by atoms with van der Waals surface area (Å²) in [5.41, 5.74) is 0.157. The summed E-state index contributed by atoms with van der Waals surface area (Å²) in [6, 6.07) is 10.2. The lowest BCUT2D eigenvalue weighted by molar-refractivity contribution is -0.265. The molecule has 40 heavy (non-hydrogen) atoms. The number of aromatic nitrogens is 2. The molecule has 5 N–H and O–H groups in total. The SMILES string of the molecule is C[C@]1(C(N)=O)COc2c1cc(C(O)(CNC(=O)c1cc(Br)c3[nH]ccc3c1)C(F)(F)F)nc2-c1ccc(F)cc1. The van der Waals surface area contributed by atoms with E-state index in [4.69, 9.17) is 10.5 Å². The van der Waals surface area contributed by atoms with E-state index in [1.165, 1.54) is 31.2 Å². The highest BCUT2D eigenvalue weighted by molar-refractivity contribution is 9.10. The van der Waals surface area contributed by atoms with Crippen LogP contribution in [0.4, 0.5) is 17.6 Å². The van der Waals surface area contributed by atoms with Crippen LogP contribution in [0.5, 0.6) is 5.75 Å². The van der Waals surface area contributed by atoms with Gasteiger partial charge in [0.2, 0.25) is 11.5 Å². The molecule has 1 aliphatic rings. The molecule has 0 bridgehead atoms. The van der Waals surface area contributed by atoms with E-state index in [1.807, 2.05) is 0 Å². The van der Waals surface area contributed by atoms with Crippen LogP contribution in [0.3, 0.4) is 0 Å². The molecule has 3 heterocycles. The fourth-order valence-electron chi connectivity index (χ4n) is 4.51. The van der Waals surface area contributed by atoms with E-state index in [0.29, 0.717) is 15.4 Å². The molecule has 0 fully saturated rings. The maximum absolute atomic E-state index is 14.5. The fourth-order valence-corrected chi connectivity index (χ4v) is 5.10. The third kappa shape index (κ3) is 4.48. The Morgan fingerprint density at radius 2 is 1.90 bits per heavy atom. The number of alkyl halides is 3. The van der Waals surface area contributed by atoms with Crippen molar-refractivity contribution in [3.8, 4) is 17.0 Å². The quantitative estimate of drug-likeness (QED) is 0.237. The van der Waals surface area contributed by atoms with Crippen molar-refractivity contribution in [3.05, 3.63) is 81.8 Å². The van der Waals surface area contributed by atoms with E-state index in [0.717, 1.165) is 18.2 Å². The van der Waals surface area contributed by atoms with Gasteiger partial charge in [0.25, 0.3) is 5.91 Å². The van der Waals surface area contributed by atoms with E-state index >= 15 is 0 Å². The molecule has 1 unspecified atom stereocenters. The first-order valence-electron chi connectivity index (χ1n) is 11.8. The second-order valence-corrected chi connectivity index (χ2v) is 10.5. The first kappa shape index (κ1) is 27.6. The zero-order chi connectivity index (χ0) is 29.0. The van der Waals surface area contributed by atoms with Gasteiger partial charge in [-0.3, -0.25) is 9.59 Å². The largest absolute Gasteiger partial charge is 0.489 e. The van der Waals surface area contributed by atoms with Gasteiger partial charge >= 0.3 is 6.18 Å². The number of hydrogen-bond acceptors (Lipinski definition) is 5. The second-order valence-electron chi connectivity index (χ2n) is 9.67. The summed E-state index contributed by atoms with van der Waals surface area (Å²) < 4.78 is 63.4. The number of H-pyrrole nitrogens is 1. The number of pyridine rings is 1. The van der Waals surface area contributed by atoms with Crippen molar-refractivity contribution in [2.45, 2.75) is 24.1 Å². The van der Waals surface area contributed by atoms with Gasteiger partial charge in [-0.25, -0.2) is 9.37 Å². The van der Waals surface area contributed by atoms with Crippen molar-refractivity contribution >= 4 is 38.6 Å². The summed E-state index contributed by atoms with van der Waals surface area (Å²) >= 11 is 3.32. The number of ether oxygens (including phenoxy) is 1. The van der Waals surface area contributed by atoms with Crippen LogP contribution in [-0.4, -0.2) is 46.2 Å². The van der Waals surface area contributed by atoms with Crippen molar-refractivity contribution in [2.24, 2.45) is 5.73 Å². The van der Waals surface area contributed by atoms with E-state index < -0.39 is 47.1 Å². The standard InChI is InChI=1S/C27H21BrF4N4O4/c1-25(24(33)38)12-40-22-17(25)10-19(36-21(22)13-2-4-16(29)5-3-13)26(39,27(30,31)32)11-35-23(37)15-8-14-6-7-34-20(14)18(28)9-15/h2-10,34,39H,11-12H2,1H3,(H2,33,38)(H,35,37)/t25-,26?/m0/s1. The Kier molecular flexibility index (Phi) is 6.62. The Hall–Kier alpha value is -3.97. The number of benzene rings is 2. The van der Waals surface area contributed by atoms with E-state index in [2.05, 4.69) is 31.2 Å². The minimum absolute atomic E-state index is 0.0186. The Balaban J connectivity index is 1.60. The van der Waals surface area contributed by atoms with Gasteiger partial charge in [0, 0.05) is 32.7 Å². The number of rotatable bonds is 6. The lowest BCUT2D eigenvalue weighted by atomic mass is 9.81. The number of primary amides is 1. The maximum Gasteiger partial charge on any atom is 0.424 e. The van der Waals surface area contributed by atoms with Crippen molar-refractivity contribution in [1.82, 2.24) is 15.3 Å². The molecule has 0 radical (unpaired) electrons. The Morgan fingerprint density at radius 1 is 1.20 bits per heavy atom. The summed E-state index contributed by atoms with van der Waals surface area (Å²) in [5, 5.41) is 13.9. The molecule has 0 aliphatic carbocycles. The van der Waals surface area contributed by atoms with Gasteiger partial charge in [0.05, 0.1) is 17.8 Å². The van der Waals surface area contributed by atoms with Crippen molar-refractivity contribution < 1.29 is 37.0 Å². The Morgan fingerprint density at radius 3 is 2.55 bits per heavy atom. The van der Waals surface area contributed by atoms with Gasteiger partial charge in [0.1, 0.15) is 29.3 Å². The normalized spacial score (nSPS) is 18.2. The minimum Gasteiger partial charge on any atom is -0.489 e. The maximum atomic E-state index is 14.5. The molecule has 2 aromatic heterocycles. The number of halogens is 5. The predicted octanol–water partition coefficient (Wildman–Crippen LogP) is 4.45. The molecule has 13 heteroatoms. The number of amides is 2. The van der Waals surface area contributed by atoms with Crippen molar-refractivity contribution in [1.29, 1.82) is 0 Å². The summed E-state index contributed by atoms with van der Waals surface area (Å²) in [5.74, 6) is -2.37. The first-order valence-corrected chi connectivity index (χ1v) is 12.6. The number of nitrogens with zero attached hydrogens (tertiary/aromatic N) is 1. The molecule has 2 amide bonds. The topological polar surface area (TPSA) is 130 Å². The average Bonchev–Trinajstić information content (AvgIpc) is 3.52. The van der Waals surface area contributed by atoms with Crippen LogP contribution in [0.2, 0.25) is 0 Å². The number of carbonyl (C=O) groups excluding carboxylic acids is 2. The molecule has 0 spiro atoms. The summed E-state index contributed by atoms with van der Waals surface area (Å²) in [6.45, 7) is -0.196. The molecule has 2 atom stereocenters. The molecule has 5 rings (SSSR count). The molecule has 1 aliphatic heterocycles. The van der Waals surface area contributed by atoms with Gasteiger partial charge in [-0.1, -0.05) is 0 Å². The Bertz CT molecular complexity index is 1660. The predicted molar refractivity (Wildman–Crippen MR) is 140 cm³/mol. The van der Waals surface area contributed by atoms with Crippen LogP contribution in [0.1, 0.15) is 28.5 Å². The first-order chi connectivity index (χ1) is 18.7. The molecule has 4 aromatic rings. The zero-order valence-electron chi connectivity index (χ0n) is 20.7. The summed E-state index contributed by atoms with van der Waals surface area (Å²) in [7, 11) is 0. The van der Waals surface area contributed by atoms with Crippen LogP contribution < -0.4 is 15.8 Å². The molecule has 2 aromatic carbocycles. The number of carbonyl (C=O) groups is 2. The zero-order valence-corrected chi connectivity index (χ0v) is 22.3. The average molecular weight is 621 g/mol. The minimum atomic E-state index is -5.32. The highest BCUT2D eigenvalue weighted by Crippen LogP contribution is 2.47. The van der Waals surface area contributed by atoms with E-state index in [1.54, 1.807) is 12.3 Å². The summed E-state index contributed by atoms with van der Waals surface area (Å²) in [6.07, 6.45) is -3.68. The van der Waals surface area contributed by atoms with Crippen molar-refractivity contribution in [2.75, 3.05) is 13.2 Å². The van der Waals surface area contributed by atoms with Gasteiger partial charge in [0.15, 0.2) is 0 Å². The third-order valence-electron chi connectivity index (χ3n) is 7.01. The number of nitrogens with two attached hydrogens (primary N) is 1. The molecular weight excluding hydrogens is 600 g/mol. The van der Waals surface area contributed by atoms with Gasteiger partial charge in [-0.15, -0.1) is 0 Å². The molecular formula is C27H21BrF4N4O4. The van der Waals surface area contributed by atoms with Crippen molar-refractivity contribution in [3.63, 3.8) is 0 Å². The third-order valence-corrected chi connectivity index (χ3v) is 7.63. The molecule has 0 saturated carbocycles. The summed E-state index contributed by atoms with van der Waals surface area (Å²) in [4.78, 5) is 32.3. The van der Waals surface area contributed by atoms with Crippen LogP contribution in [0.25, 0.3) is 22.2 Å². The lowest BCUT2D eigenvalue weighted by Crippen LogP contribution is -2.51. The van der Waals surface area contributed by atoms with Gasteiger partial charge in [-0.05, 0) is 71.4 Å². The van der Waals surface area contributed by atoms with Crippen LogP contribution in [0, 0.1) is 5.82 Å². The van der Waals surface area contributed by atoms with Gasteiger partial charge in [-0.2, -0.15) is 13.2 Å².